The van der Waals surface area contributed by atoms with Gasteiger partial charge in [-0.25, -0.2) is 0 Å². The average molecular weight is 227 g/mol. The van der Waals surface area contributed by atoms with E-state index in [0.29, 0.717) is 6.61 Å². The van der Waals surface area contributed by atoms with E-state index >= 15 is 0 Å². The molecule has 0 fully saturated rings. The summed E-state index contributed by atoms with van der Waals surface area (Å²) < 4.78 is 0. The maximum atomic E-state index is 8.65. The number of aliphatic hydroxyl groups excluding tert-OH is 1. The van der Waals surface area contributed by atoms with Gasteiger partial charge in [-0.3, -0.25) is 0 Å². The molecule has 0 atom stereocenters. The third-order valence-corrected chi connectivity index (χ3v) is 3.45. The highest BCUT2D eigenvalue weighted by molar-refractivity contribution is 7.09. The van der Waals surface area contributed by atoms with E-state index in [-0.39, 0.29) is 0 Å². The van der Waals surface area contributed by atoms with Gasteiger partial charge in [-0.15, -0.1) is 11.3 Å². The number of unbranched alkanes of at least 4 members (excludes halogenated alkanes) is 2. The third-order valence-electron chi connectivity index (χ3n) is 2.52. The van der Waals surface area contributed by atoms with Crippen LogP contribution in [0.2, 0.25) is 0 Å². The second kappa shape index (κ2) is 7.85. The summed E-state index contributed by atoms with van der Waals surface area (Å²) in [5.41, 5.74) is 0. The fourth-order valence-electron chi connectivity index (χ4n) is 1.54. The maximum Gasteiger partial charge on any atom is 0.0431 e. The van der Waals surface area contributed by atoms with Crippen molar-refractivity contribution in [2.24, 2.45) is 0 Å². The first-order valence-electron chi connectivity index (χ1n) is 5.64. The summed E-state index contributed by atoms with van der Waals surface area (Å²) >= 11 is 1.84. The standard InChI is InChI=1S/C12H21NOS/c1-13(8-3-2-4-10-14)9-7-12-6-5-11-15-12/h5-6,11,14H,2-4,7-10H2,1H3. The summed E-state index contributed by atoms with van der Waals surface area (Å²) in [6, 6.07) is 4.31. The molecule has 1 heterocycles. The highest BCUT2D eigenvalue weighted by Gasteiger charge is 1.99. The molecule has 0 unspecified atom stereocenters. The molecule has 0 radical (unpaired) electrons. The molecular weight excluding hydrogens is 206 g/mol. The summed E-state index contributed by atoms with van der Waals surface area (Å²) in [7, 11) is 2.17. The van der Waals surface area contributed by atoms with Crippen LogP contribution < -0.4 is 0 Å². The summed E-state index contributed by atoms with van der Waals surface area (Å²) in [6.45, 7) is 2.62. The van der Waals surface area contributed by atoms with E-state index in [1.54, 1.807) is 0 Å². The van der Waals surface area contributed by atoms with Gasteiger partial charge in [0.15, 0.2) is 0 Å². The topological polar surface area (TPSA) is 23.5 Å². The number of aliphatic hydroxyl groups is 1. The summed E-state index contributed by atoms with van der Waals surface area (Å²) in [6.07, 6.45) is 4.44. The molecule has 1 rings (SSSR count). The van der Waals surface area contributed by atoms with E-state index in [1.807, 2.05) is 11.3 Å². The zero-order valence-electron chi connectivity index (χ0n) is 9.48. The van der Waals surface area contributed by atoms with Crippen LogP contribution in [0, 0.1) is 0 Å². The van der Waals surface area contributed by atoms with Crippen molar-refractivity contribution < 1.29 is 5.11 Å². The SMILES string of the molecule is CN(CCCCCO)CCc1cccs1. The van der Waals surface area contributed by atoms with E-state index in [0.717, 1.165) is 32.4 Å². The summed E-state index contributed by atoms with van der Waals surface area (Å²) in [4.78, 5) is 3.84. The monoisotopic (exact) mass is 227 g/mol. The quantitative estimate of drug-likeness (QED) is 0.689. The molecule has 1 aromatic heterocycles. The van der Waals surface area contributed by atoms with Crippen molar-refractivity contribution in [3.63, 3.8) is 0 Å². The molecule has 0 saturated carbocycles. The van der Waals surface area contributed by atoms with E-state index in [9.17, 15) is 0 Å². The molecular formula is C12H21NOS. The minimum absolute atomic E-state index is 0.332. The first-order chi connectivity index (χ1) is 7.33. The number of hydrogen-bond donors (Lipinski definition) is 1. The van der Waals surface area contributed by atoms with Gasteiger partial charge in [0.25, 0.3) is 0 Å². The molecule has 0 amide bonds. The van der Waals surface area contributed by atoms with Gasteiger partial charge in [0.05, 0.1) is 0 Å². The van der Waals surface area contributed by atoms with E-state index < -0.39 is 0 Å². The first-order valence-corrected chi connectivity index (χ1v) is 6.52. The average Bonchev–Trinajstić information content (AvgIpc) is 2.74. The van der Waals surface area contributed by atoms with Crippen LogP contribution in [0.3, 0.4) is 0 Å². The zero-order valence-corrected chi connectivity index (χ0v) is 10.3. The van der Waals surface area contributed by atoms with Gasteiger partial charge in [0, 0.05) is 18.0 Å². The van der Waals surface area contributed by atoms with Crippen molar-refractivity contribution in [1.29, 1.82) is 0 Å². The molecule has 0 aliphatic heterocycles. The lowest BCUT2D eigenvalue weighted by molar-refractivity contribution is 0.273. The van der Waals surface area contributed by atoms with Crippen molar-refractivity contribution >= 4 is 11.3 Å². The van der Waals surface area contributed by atoms with Gasteiger partial charge in [0.1, 0.15) is 0 Å². The van der Waals surface area contributed by atoms with Crippen LogP contribution in [0.25, 0.3) is 0 Å². The van der Waals surface area contributed by atoms with Crippen molar-refractivity contribution in [2.45, 2.75) is 25.7 Å². The van der Waals surface area contributed by atoms with Crippen LogP contribution in [-0.2, 0) is 6.42 Å². The van der Waals surface area contributed by atoms with Crippen molar-refractivity contribution in [3.8, 4) is 0 Å². The van der Waals surface area contributed by atoms with Crippen LogP contribution in [0.5, 0.6) is 0 Å². The van der Waals surface area contributed by atoms with Crippen LogP contribution in [0.4, 0.5) is 0 Å². The number of nitrogens with zero attached hydrogens (tertiary/aromatic N) is 1. The molecule has 0 aliphatic rings. The Morgan fingerprint density at radius 1 is 1.27 bits per heavy atom. The highest BCUT2D eigenvalue weighted by Crippen LogP contribution is 2.09. The Kier molecular flexibility index (Phi) is 6.64. The summed E-state index contributed by atoms with van der Waals surface area (Å²) in [5, 5.41) is 10.8. The Bertz CT molecular complexity index is 236. The van der Waals surface area contributed by atoms with Crippen LogP contribution >= 0.6 is 11.3 Å². The Balaban J connectivity index is 2.01. The Hall–Kier alpha value is -0.380. The predicted molar refractivity (Wildman–Crippen MR) is 66.5 cm³/mol. The fourth-order valence-corrected chi connectivity index (χ4v) is 2.24. The molecule has 0 aliphatic carbocycles. The Morgan fingerprint density at radius 2 is 2.13 bits per heavy atom. The molecule has 86 valence electrons. The van der Waals surface area contributed by atoms with Gasteiger partial charge in [0.2, 0.25) is 0 Å². The first kappa shape index (κ1) is 12.7. The number of likely N-dealkylation sites (N-methyl/N-ethyl adjacent to an activating group) is 1. The Labute approximate surface area is 96.5 Å². The second-order valence-electron chi connectivity index (χ2n) is 3.92. The molecule has 0 aromatic carbocycles. The van der Waals surface area contributed by atoms with Crippen molar-refractivity contribution in [2.75, 3.05) is 26.7 Å². The van der Waals surface area contributed by atoms with Gasteiger partial charge in [-0.05, 0) is 50.7 Å². The minimum Gasteiger partial charge on any atom is -0.396 e. The van der Waals surface area contributed by atoms with Crippen LogP contribution in [-0.4, -0.2) is 36.8 Å². The van der Waals surface area contributed by atoms with Crippen LogP contribution in [0.15, 0.2) is 17.5 Å². The molecule has 2 nitrogen and oxygen atoms in total. The highest BCUT2D eigenvalue weighted by atomic mass is 32.1. The molecule has 0 bridgehead atoms. The molecule has 1 aromatic rings. The zero-order chi connectivity index (χ0) is 10.9. The summed E-state index contributed by atoms with van der Waals surface area (Å²) in [5.74, 6) is 0. The van der Waals surface area contributed by atoms with E-state index in [1.165, 1.54) is 11.3 Å². The number of hydrogen-bond acceptors (Lipinski definition) is 3. The molecule has 15 heavy (non-hydrogen) atoms. The molecule has 1 N–H and O–H groups in total. The number of thiophene rings is 1. The molecule has 0 saturated heterocycles. The number of rotatable bonds is 8. The lowest BCUT2D eigenvalue weighted by Gasteiger charge is -2.15. The van der Waals surface area contributed by atoms with Gasteiger partial charge < -0.3 is 10.0 Å². The smallest absolute Gasteiger partial charge is 0.0431 e. The van der Waals surface area contributed by atoms with Crippen molar-refractivity contribution in [1.82, 2.24) is 4.90 Å². The maximum absolute atomic E-state index is 8.65. The fraction of sp³-hybridized carbons (Fsp3) is 0.667. The Morgan fingerprint density at radius 3 is 2.80 bits per heavy atom. The third kappa shape index (κ3) is 5.92. The van der Waals surface area contributed by atoms with E-state index in [2.05, 4.69) is 29.5 Å². The minimum atomic E-state index is 0.332. The largest absolute Gasteiger partial charge is 0.396 e. The molecule has 3 heteroatoms. The predicted octanol–water partition coefficient (Wildman–Crippen LogP) is 2.39. The second-order valence-corrected chi connectivity index (χ2v) is 4.95. The normalized spacial score (nSPS) is 11.1. The lowest BCUT2D eigenvalue weighted by Crippen LogP contribution is -2.22. The molecule has 0 spiro atoms. The van der Waals surface area contributed by atoms with E-state index in [4.69, 9.17) is 5.11 Å². The van der Waals surface area contributed by atoms with Gasteiger partial charge in [-0.2, -0.15) is 0 Å². The van der Waals surface area contributed by atoms with Crippen LogP contribution in [0.1, 0.15) is 24.1 Å². The lowest BCUT2D eigenvalue weighted by atomic mass is 10.2. The van der Waals surface area contributed by atoms with Gasteiger partial charge in [-0.1, -0.05) is 6.07 Å². The van der Waals surface area contributed by atoms with Gasteiger partial charge >= 0.3 is 0 Å². The van der Waals surface area contributed by atoms with Crippen molar-refractivity contribution in [3.05, 3.63) is 22.4 Å².